The molecule has 0 aliphatic carbocycles. The zero-order valence-corrected chi connectivity index (χ0v) is 7.37. The Morgan fingerprint density at radius 2 is 2.50 bits per heavy atom. The summed E-state index contributed by atoms with van der Waals surface area (Å²) in [6.07, 6.45) is 0.226. The molecule has 1 saturated heterocycles. The van der Waals surface area contributed by atoms with Crippen molar-refractivity contribution >= 4 is 5.97 Å². The highest BCUT2D eigenvalue weighted by molar-refractivity contribution is 5.69. The fourth-order valence-corrected chi connectivity index (χ4v) is 1.27. The van der Waals surface area contributed by atoms with Crippen molar-refractivity contribution in [2.45, 2.75) is 18.9 Å². The number of hydrogen-bond acceptors (Lipinski definition) is 4. The van der Waals surface area contributed by atoms with Crippen LogP contribution in [0.5, 0.6) is 0 Å². The van der Waals surface area contributed by atoms with Gasteiger partial charge in [0.2, 0.25) is 0 Å². The molecule has 0 amide bonds. The normalized spacial score (nSPS) is 35.1. The summed E-state index contributed by atoms with van der Waals surface area (Å²) in [6, 6.07) is 0. The first kappa shape index (κ1) is 9.48. The Morgan fingerprint density at radius 1 is 1.83 bits per heavy atom. The van der Waals surface area contributed by atoms with Crippen LogP contribution >= 0.6 is 0 Å². The first-order valence-electron chi connectivity index (χ1n) is 3.93. The van der Waals surface area contributed by atoms with Gasteiger partial charge in [-0.15, -0.1) is 0 Å². The minimum atomic E-state index is -0.881. The van der Waals surface area contributed by atoms with Crippen LogP contribution in [0.1, 0.15) is 13.3 Å². The summed E-state index contributed by atoms with van der Waals surface area (Å²) in [5.74, 6) is -0.435. The van der Waals surface area contributed by atoms with Crippen LogP contribution in [0.15, 0.2) is 0 Å². The second kappa shape index (κ2) is 3.41. The minimum Gasteiger partial charge on any atom is -0.469 e. The van der Waals surface area contributed by atoms with E-state index in [0.717, 1.165) is 0 Å². The van der Waals surface area contributed by atoms with Gasteiger partial charge < -0.3 is 14.6 Å². The highest BCUT2D eigenvalue weighted by atomic mass is 16.5. The molecule has 1 heterocycles. The van der Waals surface area contributed by atoms with Crippen LogP contribution in [0.3, 0.4) is 0 Å². The first-order chi connectivity index (χ1) is 5.56. The van der Waals surface area contributed by atoms with E-state index >= 15 is 0 Å². The van der Waals surface area contributed by atoms with E-state index in [0.29, 0.717) is 13.2 Å². The number of ether oxygens (including phenoxy) is 2. The van der Waals surface area contributed by atoms with E-state index in [2.05, 4.69) is 4.74 Å². The van der Waals surface area contributed by atoms with Gasteiger partial charge >= 0.3 is 5.97 Å². The molecule has 70 valence electrons. The van der Waals surface area contributed by atoms with Crippen molar-refractivity contribution in [2.75, 3.05) is 20.3 Å². The van der Waals surface area contributed by atoms with Gasteiger partial charge in [-0.2, -0.15) is 0 Å². The molecule has 1 rings (SSSR count). The monoisotopic (exact) mass is 174 g/mol. The van der Waals surface area contributed by atoms with Gasteiger partial charge in [-0.1, -0.05) is 0 Å². The van der Waals surface area contributed by atoms with E-state index in [4.69, 9.17) is 4.74 Å². The van der Waals surface area contributed by atoms with Gasteiger partial charge in [-0.05, 0) is 6.92 Å². The SMILES string of the molecule is COC(=O)C[C@@H]1COC[C@@]1(C)O. The molecule has 4 nitrogen and oxygen atoms in total. The third-order valence-corrected chi connectivity index (χ3v) is 2.23. The molecule has 2 atom stereocenters. The molecule has 0 aromatic heterocycles. The van der Waals surface area contributed by atoms with Crippen LogP contribution in [-0.2, 0) is 14.3 Å². The minimum absolute atomic E-state index is 0.134. The molecule has 0 unspecified atom stereocenters. The average molecular weight is 174 g/mol. The molecule has 1 aliphatic rings. The van der Waals surface area contributed by atoms with E-state index < -0.39 is 5.60 Å². The fourth-order valence-electron chi connectivity index (χ4n) is 1.27. The number of methoxy groups -OCH3 is 1. The van der Waals surface area contributed by atoms with Gasteiger partial charge in [0.25, 0.3) is 0 Å². The molecule has 1 N–H and O–H groups in total. The van der Waals surface area contributed by atoms with E-state index in [1.807, 2.05) is 0 Å². The Kier molecular flexibility index (Phi) is 2.69. The lowest BCUT2D eigenvalue weighted by molar-refractivity contribution is -0.143. The highest BCUT2D eigenvalue weighted by Gasteiger charge is 2.39. The van der Waals surface area contributed by atoms with Crippen molar-refractivity contribution in [2.24, 2.45) is 5.92 Å². The molecule has 0 spiro atoms. The van der Waals surface area contributed by atoms with Crippen molar-refractivity contribution in [1.82, 2.24) is 0 Å². The smallest absolute Gasteiger partial charge is 0.305 e. The van der Waals surface area contributed by atoms with Crippen molar-refractivity contribution in [1.29, 1.82) is 0 Å². The fraction of sp³-hybridized carbons (Fsp3) is 0.875. The molecule has 0 aromatic rings. The van der Waals surface area contributed by atoms with Gasteiger partial charge in [0.05, 0.1) is 32.3 Å². The maximum atomic E-state index is 10.9. The molecule has 0 aromatic carbocycles. The number of hydrogen-bond donors (Lipinski definition) is 1. The van der Waals surface area contributed by atoms with Gasteiger partial charge in [-0.25, -0.2) is 0 Å². The predicted molar refractivity (Wildman–Crippen MR) is 41.6 cm³/mol. The summed E-state index contributed by atoms with van der Waals surface area (Å²) < 4.78 is 9.56. The molecule has 0 radical (unpaired) electrons. The molecule has 0 saturated carbocycles. The van der Waals surface area contributed by atoms with Crippen LogP contribution in [0.2, 0.25) is 0 Å². The van der Waals surface area contributed by atoms with Crippen molar-refractivity contribution in [3.63, 3.8) is 0 Å². The van der Waals surface area contributed by atoms with Gasteiger partial charge in [0, 0.05) is 5.92 Å². The van der Waals surface area contributed by atoms with E-state index in [-0.39, 0.29) is 18.3 Å². The summed E-state index contributed by atoms with van der Waals surface area (Å²) in [4.78, 5) is 10.9. The summed E-state index contributed by atoms with van der Waals surface area (Å²) in [5.41, 5.74) is -0.881. The maximum Gasteiger partial charge on any atom is 0.305 e. The number of rotatable bonds is 2. The lowest BCUT2D eigenvalue weighted by atomic mass is 9.90. The quantitative estimate of drug-likeness (QED) is 0.596. The van der Waals surface area contributed by atoms with E-state index in [1.54, 1.807) is 6.92 Å². The molecule has 12 heavy (non-hydrogen) atoms. The Hall–Kier alpha value is -0.610. The number of carbonyl (C=O) groups is 1. The predicted octanol–water partition coefficient (Wildman–Crippen LogP) is -0.0531. The van der Waals surface area contributed by atoms with Gasteiger partial charge in [-0.3, -0.25) is 4.79 Å². The third kappa shape index (κ3) is 1.95. The van der Waals surface area contributed by atoms with Crippen molar-refractivity contribution in [3.8, 4) is 0 Å². The van der Waals surface area contributed by atoms with Crippen LogP contribution in [-0.4, -0.2) is 37.0 Å². The lowest BCUT2D eigenvalue weighted by Gasteiger charge is -2.21. The molecule has 0 bridgehead atoms. The van der Waals surface area contributed by atoms with Crippen LogP contribution in [0, 0.1) is 5.92 Å². The number of aliphatic hydroxyl groups is 1. The Bertz CT molecular complexity index is 176. The van der Waals surface area contributed by atoms with Gasteiger partial charge in [0.1, 0.15) is 0 Å². The van der Waals surface area contributed by atoms with Crippen LogP contribution in [0.25, 0.3) is 0 Å². The van der Waals surface area contributed by atoms with Crippen molar-refractivity contribution < 1.29 is 19.4 Å². The second-order valence-corrected chi connectivity index (χ2v) is 3.35. The molecule has 4 heteroatoms. The van der Waals surface area contributed by atoms with E-state index in [1.165, 1.54) is 7.11 Å². The van der Waals surface area contributed by atoms with Crippen molar-refractivity contribution in [3.05, 3.63) is 0 Å². The summed E-state index contributed by atoms with van der Waals surface area (Å²) in [7, 11) is 1.34. The number of esters is 1. The van der Waals surface area contributed by atoms with E-state index in [9.17, 15) is 9.90 Å². The van der Waals surface area contributed by atoms with Gasteiger partial charge in [0.15, 0.2) is 0 Å². The largest absolute Gasteiger partial charge is 0.469 e. The highest BCUT2D eigenvalue weighted by Crippen LogP contribution is 2.27. The molecular formula is C8H14O4. The Morgan fingerprint density at radius 3 is 2.92 bits per heavy atom. The summed E-state index contributed by atoms with van der Waals surface area (Å²) in [5, 5.41) is 9.67. The molecule has 1 fully saturated rings. The molecule has 1 aliphatic heterocycles. The Balaban J connectivity index is 2.47. The first-order valence-corrected chi connectivity index (χ1v) is 3.93. The summed E-state index contributed by atoms with van der Waals surface area (Å²) in [6.45, 7) is 2.41. The standard InChI is InChI=1S/C8H14O4/c1-8(10)5-12-4-6(8)3-7(9)11-2/h6,10H,3-5H2,1-2H3/t6-,8-/m1/s1. The van der Waals surface area contributed by atoms with Crippen LogP contribution < -0.4 is 0 Å². The Labute approximate surface area is 71.5 Å². The maximum absolute atomic E-state index is 10.9. The average Bonchev–Trinajstić information content (AvgIpc) is 2.31. The third-order valence-electron chi connectivity index (χ3n) is 2.23. The second-order valence-electron chi connectivity index (χ2n) is 3.35. The summed E-state index contributed by atoms with van der Waals surface area (Å²) >= 11 is 0. The lowest BCUT2D eigenvalue weighted by Crippen LogP contribution is -2.34. The van der Waals surface area contributed by atoms with Crippen LogP contribution in [0.4, 0.5) is 0 Å². The zero-order valence-electron chi connectivity index (χ0n) is 7.37. The topological polar surface area (TPSA) is 55.8 Å². The zero-order chi connectivity index (χ0) is 9.19. The molecular weight excluding hydrogens is 160 g/mol. The number of carbonyl (C=O) groups excluding carboxylic acids is 1.